The monoisotopic (exact) mass is 326 g/mol. The van der Waals surface area contributed by atoms with E-state index >= 15 is 0 Å². The molecule has 0 bridgehead atoms. The Kier molecular flexibility index (Phi) is 6.55. The second-order valence-corrected chi connectivity index (χ2v) is 5.28. The van der Waals surface area contributed by atoms with Crippen LogP contribution < -0.4 is 0 Å². The van der Waals surface area contributed by atoms with Crippen LogP contribution in [-0.4, -0.2) is 25.2 Å². The van der Waals surface area contributed by atoms with Crippen molar-refractivity contribution >= 4 is 11.9 Å². The Balaban J connectivity index is 2.51. The molecule has 0 fully saturated rings. The first-order chi connectivity index (χ1) is 11.7. The van der Waals surface area contributed by atoms with Crippen LogP contribution in [0, 0.1) is 0 Å². The first kappa shape index (κ1) is 17.7. The zero-order valence-electron chi connectivity index (χ0n) is 14.0. The van der Waals surface area contributed by atoms with E-state index in [-0.39, 0.29) is 13.2 Å². The molecule has 0 unspecified atom stereocenters. The number of hydrogen-bond acceptors (Lipinski definition) is 4. The predicted octanol–water partition coefficient (Wildman–Crippen LogP) is 3.68. The summed E-state index contributed by atoms with van der Waals surface area (Å²) in [7, 11) is 0. The third-order valence-electron chi connectivity index (χ3n) is 3.73. The van der Waals surface area contributed by atoms with Crippen LogP contribution in [0.25, 0.3) is 0 Å². The van der Waals surface area contributed by atoms with Crippen LogP contribution in [0.3, 0.4) is 0 Å². The molecule has 2 aromatic carbocycles. The van der Waals surface area contributed by atoms with Gasteiger partial charge in [0.2, 0.25) is 0 Å². The molecule has 0 aliphatic heterocycles. The van der Waals surface area contributed by atoms with E-state index in [4.69, 9.17) is 9.47 Å². The summed E-state index contributed by atoms with van der Waals surface area (Å²) in [4.78, 5) is 25.3. The molecule has 0 radical (unpaired) electrons. The molecule has 4 nitrogen and oxygen atoms in total. The van der Waals surface area contributed by atoms with Gasteiger partial charge in [-0.1, -0.05) is 60.7 Å². The van der Waals surface area contributed by atoms with Gasteiger partial charge in [0.1, 0.15) is 0 Å². The molecule has 2 atom stereocenters. The van der Waals surface area contributed by atoms with Gasteiger partial charge in [0.15, 0.2) is 0 Å². The number of rotatable bonds is 7. The Hall–Kier alpha value is -2.62. The highest BCUT2D eigenvalue weighted by Gasteiger charge is 2.38. The van der Waals surface area contributed by atoms with Crippen LogP contribution in [0.4, 0.5) is 0 Å². The van der Waals surface area contributed by atoms with Gasteiger partial charge in [0.05, 0.1) is 25.0 Å². The fourth-order valence-corrected chi connectivity index (χ4v) is 2.71. The minimum atomic E-state index is -0.743. The lowest BCUT2D eigenvalue weighted by atomic mass is 9.81. The van der Waals surface area contributed by atoms with Gasteiger partial charge in [-0.2, -0.15) is 0 Å². The molecule has 0 aliphatic carbocycles. The van der Waals surface area contributed by atoms with Crippen LogP contribution in [-0.2, 0) is 19.1 Å². The van der Waals surface area contributed by atoms with E-state index in [2.05, 4.69) is 0 Å². The Morgan fingerprint density at radius 2 is 1.04 bits per heavy atom. The van der Waals surface area contributed by atoms with Crippen LogP contribution in [0.2, 0.25) is 0 Å². The fraction of sp³-hybridized carbons (Fsp3) is 0.300. The Bertz CT molecular complexity index is 592. The summed E-state index contributed by atoms with van der Waals surface area (Å²) in [6.07, 6.45) is 0. The van der Waals surface area contributed by atoms with Gasteiger partial charge < -0.3 is 9.47 Å². The van der Waals surface area contributed by atoms with Gasteiger partial charge in [0.25, 0.3) is 0 Å². The average Bonchev–Trinajstić information content (AvgIpc) is 2.61. The predicted molar refractivity (Wildman–Crippen MR) is 91.6 cm³/mol. The topological polar surface area (TPSA) is 52.6 Å². The molecule has 0 aliphatic rings. The molecule has 0 saturated carbocycles. The van der Waals surface area contributed by atoms with E-state index in [1.165, 1.54) is 0 Å². The second kappa shape index (κ2) is 8.87. The van der Waals surface area contributed by atoms with E-state index in [1.807, 2.05) is 60.7 Å². The summed E-state index contributed by atoms with van der Waals surface area (Å²) in [6.45, 7) is 4.02. The van der Waals surface area contributed by atoms with Crippen LogP contribution in [0.5, 0.6) is 0 Å². The van der Waals surface area contributed by atoms with Gasteiger partial charge in [-0.3, -0.25) is 9.59 Å². The third-order valence-corrected chi connectivity index (χ3v) is 3.73. The molecule has 2 aromatic rings. The minimum Gasteiger partial charge on any atom is -0.465 e. The van der Waals surface area contributed by atoms with E-state index in [0.29, 0.717) is 0 Å². The molecular weight excluding hydrogens is 304 g/mol. The second-order valence-electron chi connectivity index (χ2n) is 5.28. The standard InChI is InChI=1S/C20H22O4/c1-3-23-19(21)17(15-11-7-5-8-12-15)18(20(22)24-4-2)16-13-9-6-10-14-16/h5-14,17-18H,3-4H2,1-2H3/t17-,18-/m1/s1. The van der Waals surface area contributed by atoms with E-state index in [9.17, 15) is 9.59 Å². The summed E-state index contributed by atoms with van der Waals surface area (Å²) in [6, 6.07) is 18.4. The van der Waals surface area contributed by atoms with Crippen molar-refractivity contribution < 1.29 is 19.1 Å². The van der Waals surface area contributed by atoms with Gasteiger partial charge >= 0.3 is 11.9 Å². The van der Waals surface area contributed by atoms with Crippen molar-refractivity contribution in [2.24, 2.45) is 0 Å². The molecule has 0 amide bonds. The fourth-order valence-electron chi connectivity index (χ4n) is 2.71. The van der Waals surface area contributed by atoms with Crippen molar-refractivity contribution in [1.82, 2.24) is 0 Å². The summed E-state index contributed by atoms with van der Waals surface area (Å²) in [5, 5.41) is 0. The number of ether oxygens (including phenoxy) is 2. The van der Waals surface area contributed by atoms with Crippen molar-refractivity contribution in [3.8, 4) is 0 Å². The summed E-state index contributed by atoms with van der Waals surface area (Å²) in [5.74, 6) is -2.34. The molecule has 0 N–H and O–H groups in total. The maximum atomic E-state index is 12.6. The van der Waals surface area contributed by atoms with Crippen LogP contribution in [0.15, 0.2) is 60.7 Å². The molecule has 24 heavy (non-hydrogen) atoms. The Morgan fingerprint density at radius 3 is 1.33 bits per heavy atom. The van der Waals surface area contributed by atoms with Crippen molar-refractivity contribution in [3.63, 3.8) is 0 Å². The summed E-state index contributed by atoms with van der Waals surface area (Å²) < 4.78 is 10.5. The van der Waals surface area contributed by atoms with Gasteiger partial charge in [-0.15, -0.1) is 0 Å². The number of hydrogen-bond donors (Lipinski definition) is 0. The van der Waals surface area contributed by atoms with Crippen LogP contribution >= 0.6 is 0 Å². The molecule has 0 aromatic heterocycles. The average molecular weight is 326 g/mol. The quantitative estimate of drug-likeness (QED) is 0.728. The van der Waals surface area contributed by atoms with Crippen molar-refractivity contribution in [3.05, 3.63) is 71.8 Å². The molecule has 2 rings (SSSR count). The zero-order valence-corrected chi connectivity index (χ0v) is 14.0. The number of esters is 2. The van der Waals surface area contributed by atoms with Crippen molar-refractivity contribution in [1.29, 1.82) is 0 Å². The highest BCUT2D eigenvalue weighted by molar-refractivity contribution is 5.90. The summed E-state index contributed by atoms with van der Waals surface area (Å²) >= 11 is 0. The van der Waals surface area contributed by atoms with Crippen molar-refractivity contribution in [2.75, 3.05) is 13.2 Å². The number of carbonyl (C=O) groups excluding carboxylic acids is 2. The normalized spacial score (nSPS) is 12.9. The lowest BCUT2D eigenvalue weighted by Crippen LogP contribution is -2.29. The van der Waals surface area contributed by atoms with E-state index in [0.717, 1.165) is 11.1 Å². The largest absolute Gasteiger partial charge is 0.465 e. The van der Waals surface area contributed by atoms with E-state index in [1.54, 1.807) is 13.8 Å². The third kappa shape index (κ3) is 4.22. The first-order valence-electron chi connectivity index (χ1n) is 8.12. The molecule has 0 saturated heterocycles. The van der Waals surface area contributed by atoms with Gasteiger partial charge in [-0.05, 0) is 25.0 Å². The summed E-state index contributed by atoms with van der Waals surface area (Å²) in [5.41, 5.74) is 1.47. The van der Waals surface area contributed by atoms with Crippen LogP contribution in [0.1, 0.15) is 36.8 Å². The molecule has 126 valence electrons. The first-order valence-corrected chi connectivity index (χ1v) is 8.12. The molecule has 0 heterocycles. The maximum absolute atomic E-state index is 12.6. The minimum absolute atomic E-state index is 0.256. The lowest BCUT2D eigenvalue weighted by Gasteiger charge is -2.25. The van der Waals surface area contributed by atoms with E-state index < -0.39 is 23.8 Å². The lowest BCUT2D eigenvalue weighted by molar-refractivity contribution is -0.153. The Labute approximate surface area is 142 Å². The SMILES string of the molecule is CCOC(=O)[C@H](c1ccccc1)[C@H](C(=O)OCC)c1ccccc1. The van der Waals surface area contributed by atoms with Gasteiger partial charge in [0, 0.05) is 0 Å². The van der Waals surface area contributed by atoms with Crippen molar-refractivity contribution in [2.45, 2.75) is 25.7 Å². The highest BCUT2D eigenvalue weighted by atomic mass is 16.5. The smallest absolute Gasteiger partial charge is 0.314 e. The molecular formula is C20H22O4. The van der Waals surface area contributed by atoms with Gasteiger partial charge in [-0.25, -0.2) is 0 Å². The number of carbonyl (C=O) groups is 2. The maximum Gasteiger partial charge on any atom is 0.314 e. The molecule has 4 heteroatoms. The number of benzene rings is 2. The molecule has 0 spiro atoms. The zero-order chi connectivity index (χ0) is 17.4. The highest BCUT2D eigenvalue weighted by Crippen LogP contribution is 2.35. The Morgan fingerprint density at radius 1 is 0.708 bits per heavy atom.